The van der Waals surface area contributed by atoms with Crippen molar-refractivity contribution in [3.8, 4) is 44.8 Å². The Hall–Kier alpha value is -11.2. The third-order valence-electron chi connectivity index (χ3n) is 18.5. The first-order valence-electron chi connectivity index (χ1n) is 30.5. The van der Waals surface area contributed by atoms with E-state index in [4.69, 9.17) is 0 Å². The van der Waals surface area contributed by atoms with Gasteiger partial charge in [0.1, 0.15) is 0 Å². The van der Waals surface area contributed by atoms with Crippen LogP contribution < -0.4 is 9.80 Å². The van der Waals surface area contributed by atoms with Crippen LogP contribution in [0.2, 0.25) is 0 Å². The molecule has 0 saturated heterocycles. The third-order valence-corrected chi connectivity index (χ3v) is 18.5. The average Bonchev–Trinajstić information content (AvgIpc) is 1.72. The maximum absolute atomic E-state index is 2.43. The molecule has 0 aliphatic carbocycles. The number of hydrogen-bond donors (Lipinski definition) is 0. The highest BCUT2D eigenvalue weighted by molar-refractivity contribution is 6.16. The Morgan fingerprint density at radius 3 is 0.898 bits per heavy atom. The molecular formula is C84H62N4. The molecule has 418 valence electrons. The standard InChI is InChI=1S/C84H62N4/c1-55-57(3)85(67-41-45-71(46-42-67)87(69-37-31-61(32-38-69)59-19-7-5-8-20-59)83-53-65-23-11-13-25-73(65)75-27-15-17-29-77(75)83)81-49-35-63(51-79(55)81)64-36-50-82-80(52-64)56(2)58(4)86(82)68-43-47-72(48-44-68)88(70-39-33-62(34-40-70)60-21-9-6-10-22-60)84-54-66-24-12-14-26-74(66)76-28-16-18-30-78(76)84/h5-54H,1-4H3. The van der Waals surface area contributed by atoms with Gasteiger partial charge in [-0.3, -0.25) is 0 Å². The molecule has 88 heavy (non-hydrogen) atoms. The van der Waals surface area contributed by atoms with Crippen molar-refractivity contribution in [2.24, 2.45) is 0 Å². The van der Waals surface area contributed by atoms with Crippen LogP contribution in [0.3, 0.4) is 0 Å². The number of aryl methyl sites for hydroxylation is 2. The molecule has 0 saturated carbocycles. The summed E-state index contributed by atoms with van der Waals surface area (Å²) < 4.78 is 4.85. The number of anilines is 6. The molecule has 0 amide bonds. The molecule has 4 nitrogen and oxygen atoms in total. The monoisotopic (exact) mass is 1130 g/mol. The molecule has 0 N–H and O–H groups in total. The van der Waals surface area contributed by atoms with E-state index in [1.54, 1.807) is 0 Å². The van der Waals surface area contributed by atoms with Crippen molar-refractivity contribution in [3.63, 3.8) is 0 Å². The zero-order valence-corrected chi connectivity index (χ0v) is 49.7. The first kappa shape index (κ1) is 52.4. The van der Waals surface area contributed by atoms with Gasteiger partial charge < -0.3 is 18.9 Å². The molecule has 4 heteroatoms. The lowest BCUT2D eigenvalue weighted by molar-refractivity contribution is 1.04. The van der Waals surface area contributed by atoms with E-state index in [1.807, 2.05) is 0 Å². The highest BCUT2D eigenvalue weighted by Gasteiger charge is 2.23. The van der Waals surface area contributed by atoms with Gasteiger partial charge in [-0.05, 0) is 214 Å². The van der Waals surface area contributed by atoms with Crippen LogP contribution in [0.5, 0.6) is 0 Å². The van der Waals surface area contributed by atoms with Crippen molar-refractivity contribution in [3.05, 3.63) is 326 Å². The van der Waals surface area contributed by atoms with Gasteiger partial charge in [0.2, 0.25) is 0 Å². The molecule has 2 aromatic heterocycles. The lowest BCUT2D eigenvalue weighted by Crippen LogP contribution is -2.11. The van der Waals surface area contributed by atoms with Gasteiger partial charge in [-0.1, -0.05) is 194 Å². The van der Waals surface area contributed by atoms with Gasteiger partial charge in [-0.25, -0.2) is 0 Å². The Labute approximate surface area is 513 Å². The van der Waals surface area contributed by atoms with Gasteiger partial charge >= 0.3 is 0 Å². The molecule has 16 rings (SSSR count). The molecule has 0 aliphatic heterocycles. The van der Waals surface area contributed by atoms with Crippen LogP contribution in [-0.2, 0) is 0 Å². The van der Waals surface area contributed by atoms with Crippen molar-refractivity contribution in [1.29, 1.82) is 0 Å². The Morgan fingerprint density at radius 1 is 0.227 bits per heavy atom. The smallest absolute Gasteiger partial charge is 0.0546 e. The fourth-order valence-electron chi connectivity index (χ4n) is 13.8. The summed E-state index contributed by atoms with van der Waals surface area (Å²) in [5.74, 6) is 0. The Balaban J connectivity index is 0.731. The Bertz CT molecular complexity index is 4990. The van der Waals surface area contributed by atoms with Gasteiger partial charge in [-0.2, -0.15) is 0 Å². The molecule has 0 atom stereocenters. The predicted octanol–water partition coefficient (Wildman–Crippen LogP) is 23.4. The molecule has 14 aromatic carbocycles. The summed E-state index contributed by atoms with van der Waals surface area (Å²) in [4.78, 5) is 4.84. The summed E-state index contributed by atoms with van der Waals surface area (Å²) in [7, 11) is 0. The second-order valence-corrected chi connectivity index (χ2v) is 23.4. The maximum Gasteiger partial charge on any atom is 0.0546 e. The zero-order chi connectivity index (χ0) is 59.0. The SMILES string of the molecule is Cc1c(C)n(-c2ccc(N(c3ccc(-c4ccccc4)cc3)c3cc4ccccc4c4ccccc34)cc2)c2ccc(-c3ccc4c(c3)c(C)c(C)n4-c3ccc(N(c4ccc(-c5ccccc5)cc4)c4cc5ccccc5c5ccccc45)cc3)cc12. The van der Waals surface area contributed by atoms with E-state index < -0.39 is 0 Å². The second kappa shape index (κ2) is 21.4. The zero-order valence-electron chi connectivity index (χ0n) is 49.7. The average molecular weight is 1130 g/mol. The third kappa shape index (κ3) is 8.83. The van der Waals surface area contributed by atoms with Crippen molar-refractivity contribution < 1.29 is 0 Å². The number of hydrogen-bond acceptors (Lipinski definition) is 2. The topological polar surface area (TPSA) is 16.3 Å². The number of nitrogens with zero attached hydrogens (tertiary/aromatic N) is 4. The lowest BCUT2D eigenvalue weighted by atomic mass is 9.98. The van der Waals surface area contributed by atoms with Gasteiger partial charge in [0.25, 0.3) is 0 Å². The first-order chi connectivity index (χ1) is 43.3. The molecule has 2 heterocycles. The molecule has 0 fully saturated rings. The molecule has 0 spiro atoms. The van der Waals surface area contributed by atoms with Crippen molar-refractivity contribution >= 4 is 99.0 Å². The summed E-state index contributed by atoms with van der Waals surface area (Å²) in [6.45, 7) is 9.05. The minimum absolute atomic E-state index is 1.09. The Kier molecular flexibility index (Phi) is 12.7. The maximum atomic E-state index is 2.43. The van der Waals surface area contributed by atoms with E-state index in [-0.39, 0.29) is 0 Å². The van der Waals surface area contributed by atoms with E-state index in [1.165, 1.54) is 121 Å². The van der Waals surface area contributed by atoms with E-state index in [2.05, 4.69) is 350 Å². The van der Waals surface area contributed by atoms with Crippen LogP contribution in [0.4, 0.5) is 34.1 Å². The van der Waals surface area contributed by atoms with Crippen LogP contribution in [0, 0.1) is 27.7 Å². The lowest BCUT2D eigenvalue weighted by Gasteiger charge is -2.28. The molecule has 0 radical (unpaired) electrons. The summed E-state index contributed by atoms with van der Waals surface area (Å²) in [5, 5.41) is 12.3. The summed E-state index contributed by atoms with van der Waals surface area (Å²) in [5.41, 5.74) is 23.5. The van der Waals surface area contributed by atoms with Crippen LogP contribution in [-0.4, -0.2) is 9.13 Å². The van der Waals surface area contributed by atoms with Crippen LogP contribution >= 0.6 is 0 Å². The highest BCUT2D eigenvalue weighted by atomic mass is 15.2. The van der Waals surface area contributed by atoms with E-state index >= 15 is 0 Å². The molecule has 0 aliphatic rings. The summed E-state index contributed by atoms with van der Waals surface area (Å²) in [6, 6.07) is 111. The number of aromatic nitrogens is 2. The van der Waals surface area contributed by atoms with E-state index in [0.29, 0.717) is 0 Å². The quantitative estimate of drug-likeness (QED) is 0.120. The largest absolute Gasteiger partial charge is 0.314 e. The second-order valence-electron chi connectivity index (χ2n) is 23.4. The number of fused-ring (bicyclic) bond motifs is 8. The van der Waals surface area contributed by atoms with Gasteiger partial charge in [0.15, 0.2) is 0 Å². The molecule has 16 aromatic rings. The minimum Gasteiger partial charge on any atom is -0.314 e. The van der Waals surface area contributed by atoms with E-state index in [9.17, 15) is 0 Å². The van der Waals surface area contributed by atoms with Gasteiger partial charge in [-0.15, -0.1) is 0 Å². The normalized spacial score (nSPS) is 11.6. The summed E-state index contributed by atoms with van der Waals surface area (Å²) >= 11 is 0. The molecular weight excluding hydrogens is 1060 g/mol. The summed E-state index contributed by atoms with van der Waals surface area (Å²) in [6.07, 6.45) is 0. The van der Waals surface area contributed by atoms with Crippen LogP contribution in [0.25, 0.3) is 110 Å². The Morgan fingerprint density at radius 2 is 0.523 bits per heavy atom. The van der Waals surface area contributed by atoms with E-state index in [0.717, 1.165) is 45.5 Å². The molecule has 0 bridgehead atoms. The van der Waals surface area contributed by atoms with Crippen LogP contribution in [0.1, 0.15) is 22.5 Å². The van der Waals surface area contributed by atoms with Crippen molar-refractivity contribution in [1.82, 2.24) is 9.13 Å². The predicted molar refractivity (Wildman–Crippen MR) is 375 cm³/mol. The number of rotatable bonds is 11. The van der Waals surface area contributed by atoms with Gasteiger partial charge in [0, 0.05) is 67.1 Å². The minimum atomic E-state index is 1.09. The molecule has 0 unspecified atom stereocenters. The van der Waals surface area contributed by atoms with Crippen molar-refractivity contribution in [2.75, 3.05) is 9.80 Å². The van der Waals surface area contributed by atoms with Crippen molar-refractivity contribution in [2.45, 2.75) is 27.7 Å². The fourth-order valence-corrected chi connectivity index (χ4v) is 13.8. The van der Waals surface area contributed by atoms with Crippen LogP contribution in [0.15, 0.2) is 303 Å². The fraction of sp³-hybridized carbons (Fsp3) is 0.0476. The first-order valence-corrected chi connectivity index (χ1v) is 30.5. The van der Waals surface area contributed by atoms with Gasteiger partial charge in [0.05, 0.1) is 22.4 Å². The highest BCUT2D eigenvalue weighted by Crippen LogP contribution is 2.46. The number of benzene rings is 14.